The van der Waals surface area contributed by atoms with Crippen molar-refractivity contribution in [3.63, 3.8) is 0 Å². The van der Waals surface area contributed by atoms with Gasteiger partial charge in [-0.05, 0) is 0 Å². The molecule has 0 aromatic heterocycles. The molecule has 0 atom stereocenters. The molecule has 0 spiro atoms. The number of carboxylic acid groups (broad SMARTS) is 1. The van der Waals surface area contributed by atoms with Crippen molar-refractivity contribution >= 4 is 28.5 Å². The summed E-state index contributed by atoms with van der Waals surface area (Å²) in [4.78, 5) is 9.25. The zero-order chi connectivity index (χ0) is 10.1. The summed E-state index contributed by atoms with van der Waals surface area (Å²) in [6.45, 7) is 2.96. The van der Waals surface area contributed by atoms with Crippen molar-refractivity contribution in [2.45, 2.75) is 4.44 Å². The zero-order valence-corrected chi connectivity index (χ0v) is 10.1. The predicted octanol–water partition coefficient (Wildman–Crippen LogP) is 1.61. The topological polar surface area (TPSA) is 37.3 Å². The summed E-state index contributed by atoms with van der Waals surface area (Å²) in [7, 11) is 0. The summed E-state index contributed by atoms with van der Waals surface area (Å²) in [6.07, 6.45) is 0.833. The first-order valence-electron chi connectivity index (χ1n) is 3.74. The molecule has 0 saturated carbocycles. The van der Waals surface area contributed by atoms with Gasteiger partial charge in [-0.3, -0.25) is 0 Å². The van der Waals surface area contributed by atoms with Crippen LogP contribution in [-0.4, -0.2) is 33.6 Å². The first kappa shape index (κ1) is 12.2. The van der Waals surface area contributed by atoms with Crippen LogP contribution in [0.3, 0.4) is 0 Å². The van der Waals surface area contributed by atoms with Crippen molar-refractivity contribution in [1.82, 2.24) is 0 Å². The van der Waals surface area contributed by atoms with E-state index in [4.69, 9.17) is 5.11 Å². The van der Waals surface area contributed by atoms with Gasteiger partial charge in [0.15, 0.2) is 0 Å². The van der Waals surface area contributed by atoms with E-state index in [2.05, 4.69) is 36.9 Å². The molecule has 0 unspecified atom stereocenters. The van der Waals surface area contributed by atoms with Crippen LogP contribution in [0.15, 0.2) is 43.0 Å². The van der Waals surface area contributed by atoms with Crippen LogP contribution in [0.25, 0.3) is 0 Å². The molecule has 1 rings (SSSR count). The number of hydrogen-bond donors (Lipinski definition) is 1. The van der Waals surface area contributed by atoms with Crippen LogP contribution < -0.4 is 0 Å². The molecule has 0 aliphatic heterocycles. The third kappa shape index (κ3) is 7.58. The summed E-state index contributed by atoms with van der Waals surface area (Å²) in [5.74, 6) is -0.981. The van der Waals surface area contributed by atoms with E-state index < -0.39 is 5.97 Å². The molecule has 0 fully saturated rings. The van der Waals surface area contributed by atoms with E-state index in [1.165, 1.54) is 10.0 Å². The van der Waals surface area contributed by atoms with Gasteiger partial charge in [0.05, 0.1) is 0 Å². The molecule has 2 nitrogen and oxygen atoms in total. The molecule has 1 aromatic rings. The van der Waals surface area contributed by atoms with Gasteiger partial charge in [0, 0.05) is 6.08 Å². The molecule has 13 heavy (non-hydrogen) atoms. The molecular formula is C10H11O2Sn. The predicted molar refractivity (Wildman–Crippen MR) is 53.7 cm³/mol. The second-order valence-electron chi connectivity index (χ2n) is 2.20. The normalized spacial score (nSPS) is 8.08. The van der Waals surface area contributed by atoms with Gasteiger partial charge in [-0.25, -0.2) is 4.79 Å². The first-order chi connectivity index (χ1) is 6.20. The van der Waals surface area contributed by atoms with E-state index in [0.29, 0.717) is 0 Å². The molecule has 0 aliphatic carbocycles. The number of hydrogen-bond acceptors (Lipinski definition) is 1. The van der Waals surface area contributed by atoms with Gasteiger partial charge in [-0.1, -0.05) is 6.58 Å². The Morgan fingerprint density at radius 1 is 1.46 bits per heavy atom. The average molecular weight is 282 g/mol. The maximum absolute atomic E-state index is 9.25. The fourth-order valence-corrected chi connectivity index (χ4v) is 1.27. The van der Waals surface area contributed by atoms with Crippen molar-refractivity contribution in [1.29, 1.82) is 0 Å². The Bertz CT molecular complexity index is 257. The number of rotatable bonds is 2. The Hall–Kier alpha value is -0.771. The summed E-state index contributed by atoms with van der Waals surface area (Å²) in [6, 6.07) is 10.5. The van der Waals surface area contributed by atoms with Crippen LogP contribution in [-0.2, 0) is 9.23 Å². The number of benzene rings is 1. The Morgan fingerprint density at radius 3 is 2.15 bits per heavy atom. The molecule has 1 N–H and O–H groups in total. The standard InChI is InChI=1S/C7H7.C3H4O2.Sn/c1-7-5-3-2-4-6-7;1-2-3(4)5;/h2-6H,1H2;2H,1H2,(H,4,5);. The van der Waals surface area contributed by atoms with Crippen LogP contribution in [0.2, 0.25) is 0 Å². The van der Waals surface area contributed by atoms with Crippen molar-refractivity contribution in [2.75, 3.05) is 0 Å². The fraction of sp³-hybridized carbons (Fsp3) is 0.100. The maximum atomic E-state index is 9.25. The third-order valence-electron chi connectivity index (χ3n) is 1.22. The van der Waals surface area contributed by atoms with Crippen LogP contribution >= 0.6 is 0 Å². The van der Waals surface area contributed by atoms with Crippen molar-refractivity contribution in [3.05, 3.63) is 48.6 Å². The second-order valence-corrected chi connectivity index (χ2v) is 3.21. The van der Waals surface area contributed by atoms with Gasteiger partial charge >= 0.3 is 68.8 Å². The SMILES string of the molecule is C=CC(=O)O.[Sn][CH2]c1ccccc1. The molecule has 3 radical (unpaired) electrons. The zero-order valence-electron chi connectivity index (χ0n) is 7.23. The van der Waals surface area contributed by atoms with Crippen LogP contribution in [0, 0.1) is 0 Å². The molecule has 1 aromatic carbocycles. The van der Waals surface area contributed by atoms with Gasteiger partial charge < -0.3 is 5.11 Å². The van der Waals surface area contributed by atoms with Gasteiger partial charge in [-0.2, -0.15) is 0 Å². The Morgan fingerprint density at radius 2 is 1.92 bits per heavy atom. The molecular weight excluding hydrogens is 271 g/mol. The molecule has 0 saturated heterocycles. The van der Waals surface area contributed by atoms with E-state index in [9.17, 15) is 4.79 Å². The van der Waals surface area contributed by atoms with Crippen molar-refractivity contribution in [2.24, 2.45) is 0 Å². The number of carbonyl (C=O) groups is 1. The molecule has 0 heterocycles. The summed E-state index contributed by atoms with van der Waals surface area (Å²) >= 11 is 1.59. The van der Waals surface area contributed by atoms with Crippen LogP contribution in [0.4, 0.5) is 0 Å². The summed E-state index contributed by atoms with van der Waals surface area (Å²) in [5, 5.41) is 7.60. The van der Waals surface area contributed by atoms with Gasteiger partial charge in [-0.15, -0.1) is 0 Å². The first-order valence-corrected chi connectivity index (χ1v) is 5.76. The number of aliphatic carboxylic acids is 1. The molecule has 0 aliphatic rings. The molecule has 3 heteroatoms. The molecule has 0 bridgehead atoms. The van der Waals surface area contributed by atoms with E-state index in [1.807, 2.05) is 0 Å². The molecule has 0 amide bonds. The Balaban J connectivity index is 0.000000252. The fourth-order valence-electron chi connectivity index (χ4n) is 0.596. The Kier molecular flexibility index (Phi) is 7.39. The monoisotopic (exact) mass is 283 g/mol. The van der Waals surface area contributed by atoms with E-state index in [-0.39, 0.29) is 0 Å². The average Bonchev–Trinajstić information content (AvgIpc) is 2.20. The van der Waals surface area contributed by atoms with Crippen LogP contribution in [0.5, 0.6) is 0 Å². The van der Waals surface area contributed by atoms with E-state index in [1.54, 1.807) is 22.5 Å². The van der Waals surface area contributed by atoms with Gasteiger partial charge in [0.2, 0.25) is 0 Å². The minimum atomic E-state index is -0.981. The molecule has 67 valence electrons. The summed E-state index contributed by atoms with van der Waals surface area (Å²) in [5.41, 5.74) is 1.45. The van der Waals surface area contributed by atoms with Crippen molar-refractivity contribution in [3.8, 4) is 0 Å². The van der Waals surface area contributed by atoms with Gasteiger partial charge in [0.25, 0.3) is 0 Å². The summed E-state index contributed by atoms with van der Waals surface area (Å²) < 4.78 is 1.23. The minimum absolute atomic E-state index is 0.833. The Labute approximate surface area is 91.4 Å². The quantitative estimate of drug-likeness (QED) is 0.661. The van der Waals surface area contributed by atoms with E-state index in [0.717, 1.165) is 6.08 Å². The second kappa shape index (κ2) is 7.86. The third-order valence-corrected chi connectivity index (χ3v) is 2.39. The van der Waals surface area contributed by atoms with Crippen LogP contribution in [0.1, 0.15) is 5.56 Å². The van der Waals surface area contributed by atoms with Gasteiger partial charge in [0.1, 0.15) is 0 Å². The van der Waals surface area contributed by atoms with E-state index >= 15 is 0 Å². The van der Waals surface area contributed by atoms with Crippen molar-refractivity contribution < 1.29 is 9.90 Å². The number of carboxylic acids is 1.